The Balaban J connectivity index is 2.65. The number of hydrogen-bond donors (Lipinski definition) is 1. The first kappa shape index (κ1) is 15.5. The lowest BCUT2D eigenvalue weighted by Crippen LogP contribution is -2.14. The Morgan fingerprint density at radius 2 is 2.11 bits per heavy atom. The Morgan fingerprint density at radius 1 is 1.37 bits per heavy atom. The van der Waals surface area contributed by atoms with Gasteiger partial charge in [-0.25, -0.2) is 0 Å². The van der Waals surface area contributed by atoms with Crippen LogP contribution in [-0.2, 0) is 0 Å². The molecule has 0 fully saturated rings. The Kier molecular flexibility index (Phi) is 6.33. The zero-order valence-corrected chi connectivity index (χ0v) is 12.1. The smallest absolute Gasteiger partial charge is 0.271 e. The molecule has 0 aliphatic carbocycles. The number of non-ortho nitro benzene ring substituents is 1. The van der Waals surface area contributed by atoms with Crippen LogP contribution in [0.4, 0.5) is 11.4 Å². The van der Waals surface area contributed by atoms with E-state index < -0.39 is 0 Å². The Hall–Kier alpha value is -1.58. The third kappa shape index (κ3) is 4.89. The van der Waals surface area contributed by atoms with Gasteiger partial charge in [0.1, 0.15) is 0 Å². The summed E-state index contributed by atoms with van der Waals surface area (Å²) in [5, 5.41) is 14.1. The highest BCUT2D eigenvalue weighted by molar-refractivity contribution is 5.56. The molecule has 1 N–H and O–H groups in total. The molecule has 1 unspecified atom stereocenters. The van der Waals surface area contributed by atoms with Crippen molar-refractivity contribution in [3.63, 3.8) is 0 Å². The number of aryl methyl sites for hydroxylation is 1. The average Bonchev–Trinajstić information content (AvgIpc) is 2.40. The predicted octanol–water partition coefficient (Wildman–Crippen LogP) is 4.53. The molecule has 0 bridgehead atoms. The summed E-state index contributed by atoms with van der Waals surface area (Å²) in [6.45, 7) is 7.25. The Bertz CT molecular complexity index is 419. The number of nitrogens with one attached hydrogen (secondary N) is 1. The molecule has 0 saturated carbocycles. The van der Waals surface area contributed by atoms with E-state index in [0.29, 0.717) is 5.92 Å². The molecule has 0 radical (unpaired) electrons. The van der Waals surface area contributed by atoms with Crippen molar-refractivity contribution in [3.05, 3.63) is 33.9 Å². The van der Waals surface area contributed by atoms with Gasteiger partial charge in [0, 0.05) is 24.4 Å². The van der Waals surface area contributed by atoms with Crippen molar-refractivity contribution in [1.29, 1.82) is 0 Å². The van der Waals surface area contributed by atoms with E-state index in [1.807, 2.05) is 6.92 Å². The number of nitro groups is 1. The van der Waals surface area contributed by atoms with Gasteiger partial charge in [-0.1, -0.05) is 39.2 Å². The zero-order valence-electron chi connectivity index (χ0n) is 12.1. The van der Waals surface area contributed by atoms with Gasteiger partial charge in [-0.15, -0.1) is 0 Å². The number of nitro benzene ring substituents is 1. The molecular weight excluding hydrogens is 240 g/mol. The second-order valence-electron chi connectivity index (χ2n) is 5.05. The topological polar surface area (TPSA) is 55.2 Å². The lowest BCUT2D eigenvalue weighted by molar-refractivity contribution is -0.384. The maximum atomic E-state index is 10.8. The predicted molar refractivity (Wildman–Crippen MR) is 79.6 cm³/mol. The van der Waals surface area contributed by atoms with Crippen LogP contribution in [-0.4, -0.2) is 11.5 Å². The van der Waals surface area contributed by atoms with Crippen molar-refractivity contribution in [2.24, 2.45) is 5.92 Å². The van der Waals surface area contributed by atoms with Crippen molar-refractivity contribution in [2.75, 3.05) is 11.9 Å². The largest absolute Gasteiger partial charge is 0.384 e. The maximum absolute atomic E-state index is 10.8. The van der Waals surface area contributed by atoms with E-state index in [9.17, 15) is 10.1 Å². The fourth-order valence-electron chi connectivity index (χ4n) is 2.11. The highest BCUT2D eigenvalue weighted by Gasteiger charge is 2.10. The van der Waals surface area contributed by atoms with Gasteiger partial charge in [-0.3, -0.25) is 10.1 Å². The number of benzene rings is 1. The Morgan fingerprint density at radius 3 is 2.68 bits per heavy atom. The summed E-state index contributed by atoms with van der Waals surface area (Å²) in [7, 11) is 0. The van der Waals surface area contributed by atoms with Gasteiger partial charge in [0.25, 0.3) is 5.69 Å². The molecule has 0 aliphatic rings. The minimum absolute atomic E-state index is 0.148. The molecule has 0 saturated heterocycles. The third-order valence-corrected chi connectivity index (χ3v) is 3.56. The fourth-order valence-corrected chi connectivity index (χ4v) is 2.11. The normalized spacial score (nSPS) is 12.2. The minimum atomic E-state index is -0.348. The summed E-state index contributed by atoms with van der Waals surface area (Å²) in [5.74, 6) is 0.638. The van der Waals surface area contributed by atoms with E-state index in [1.54, 1.807) is 18.2 Å². The number of unbranched alkanes of at least 4 members (excludes halogenated alkanes) is 1. The van der Waals surface area contributed by atoms with Gasteiger partial charge < -0.3 is 5.32 Å². The molecule has 1 aromatic rings. The molecule has 4 heteroatoms. The first-order valence-corrected chi connectivity index (χ1v) is 7.07. The van der Waals surface area contributed by atoms with Crippen molar-refractivity contribution >= 4 is 11.4 Å². The first-order valence-electron chi connectivity index (χ1n) is 7.07. The van der Waals surface area contributed by atoms with Gasteiger partial charge in [-0.05, 0) is 24.8 Å². The van der Waals surface area contributed by atoms with Crippen molar-refractivity contribution in [3.8, 4) is 0 Å². The number of rotatable bonds is 8. The standard InChI is InChI=1S/C15H24N2O2/c1-4-6-7-13(5-2)11-16-15-10-14(17(18)19)9-8-12(15)3/h8-10,13,16H,4-7,11H2,1-3H3. The lowest BCUT2D eigenvalue weighted by atomic mass is 9.99. The molecular formula is C15H24N2O2. The van der Waals surface area contributed by atoms with E-state index in [4.69, 9.17) is 0 Å². The molecule has 1 rings (SSSR count). The van der Waals surface area contributed by atoms with Crippen molar-refractivity contribution in [1.82, 2.24) is 0 Å². The van der Waals surface area contributed by atoms with Crippen LogP contribution in [0.1, 0.15) is 45.1 Å². The summed E-state index contributed by atoms with van der Waals surface area (Å²) in [4.78, 5) is 10.4. The summed E-state index contributed by atoms with van der Waals surface area (Å²) in [6, 6.07) is 4.98. The van der Waals surface area contributed by atoms with Crippen LogP contribution in [0.15, 0.2) is 18.2 Å². The van der Waals surface area contributed by atoms with Gasteiger partial charge in [0.05, 0.1) is 4.92 Å². The molecule has 0 aromatic heterocycles. The van der Waals surface area contributed by atoms with Crippen molar-refractivity contribution < 1.29 is 4.92 Å². The number of nitrogens with zero attached hydrogens (tertiary/aromatic N) is 1. The SMILES string of the molecule is CCCCC(CC)CNc1cc([N+](=O)[O-])ccc1C. The highest BCUT2D eigenvalue weighted by Crippen LogP contribution is 2.23. The van der Waals surface area contributed by atoms with Gasteiger partial charge in [0.15, 0.2) is 0 Å². The molecule has 1 aromatic carbocycles. The van der Waals surface area contributed by atoms with E-state index in [-0.39, 0.29) is 10.6 Å². The van der Waals surface area contributed by atoms with Crippen LogP contribution >= 0.6 is 0 Å². The zero-order chi connectivity index (χ0) is 14.3. The first-order chi connectivity index (χ1) is 9.08. The monoisotopic (exact) mass is 264 g/mol. The van der Waals surface area contributed by atoms with Gasteiger partial charge in [0.2, 0.25) is 0 Å². The molecule has 0 aliphatic heterocycles. The summed E-state index contributed by atoms with van der Waals surface area (Å²) < 4.78 is 0. The maximum Gasteiger partial charge on any atom is 0.271 e. The van der Waals surface area contributed by atoms with Crippen LogP contribution in [0.5, 0.6) is 0 Å². The van der Waals surface area contributed by atoms with Crippen LogP contribution < -0.4 is 5.32 Å². The van der Waals surface area contributed by atoms with E-state index >= 15 is 0 Å². The van der Waals surface area contributed by atoms with E-state index in [0.717, 1.165) is 24.2 Å². The molecule has 0 spiro atoms. The molecule has 1 atom stereocenters. The summed E-state index contributed by atoms with van der Waals surface area (Å²) in [6.07, 6.45) is 4.81. The molecule has 4 nitrogen and oxygen atoms in total. The third-order valence-electron chi connectivity index (χ3n) is 3.56. The molecule has 0 amide bonds. The van der Waals surface area contributed by atoms with Gasteiger partial charge >= 0.3 is 0 Å². The lowest BCUT2D eigenvalue weighted by Gasteiger charge is -2.17. The Labute approximate surface area is 115 Å². The molecule has 106 valence electrons. The second kappa shape index (κ2) is 7.77. The van der Waals surface area contributed by atoms with Crippen LogP contribution in [0, 0.1) is 23.0 Å². The molecule has 19 heavy (non-hydrogen) atoms. The summed E-state index contributed by atoms with van der Waals surface area (Å²) in [5.41, 5.74) is 2.08. The van der Waals surface area contributed by atoms with Gasteiger partial charge in [-0.2, -0.15) is 0 Å². The fraction of sp³-hybridized carbons (Fsp3) is 0.600. The van der Waals surface area contributed by atoms with Crippen LogP contribution in [0.2, 0.25) is 0 Å². The minimum Gasteiger partial charge on any atom is -0.384 e. The number of anilines is 1. The highest BCUT2D eigenvalue weighted by atomic mass is 16.6. The second-order valence-corrected chi connectivity index (χ2v) is 5.05. The quantitative estimate of drug-likeness (QED) is 0.554. The van der Waals surface area contributed by atoms with Crippen LogP contribution in [0.3, 0.4) is 0 Å². The molecule has 0 heterocycles. The van der Waals surface area contributed by atoms with Crippen molar-refractivity contribution in [2.45, 2.75) is 46.5 Å². The van der Waals surface area contributed by atoms with E-state index in [2.05, 4.69) is 19.2 Å². The van der Waals surface area contributed by atoms with E-state index in [1.165, 1.54) is 19.3 Å². The van der Waals surface area contributed by atoms with Crippen LogP contribution in [0.25, 0.3) is 0 Å². The average molecular weight is 264 g/mol. The summed E-state index contributed by atoms with van der Waals surface area (Å²) >= 11 is 0. The number of hydrogen-bond acceptors (Lipinski definition) is 3.